The average molecular weight is 89.1 g/mol. The molecule has 0 atom stereocenters. The molecule has 2 N–H and O–H groups in total. The Balaban J connectivity index is 2.66. The predicted octanol–water partition coefficient (Wildman–Crippen LogP) is -1.65. The van der Waals surface area contributed by atoms with Crippen LogP contribution in [0.2, 0.25) is 0 Å². The summed E-state index contributed by atoms with van der Waals surface area (Å²) in [6, 6.07) is 0. The Kier molecular flexibility index (Phi) is 4.01. The molecule has 0 aliphatic carbocycles. The van der Waals surface area contributed by atoms with Gasteiger partial charge in [0.1, 0.15) is 0 Å². The zero-order valence-corrected chi connectivity index (χ0v) is 3.39. The number of nitrogens with two attached hydrogens (primary N) is 1. The largest absolute Gasteiger partial charge is 0.463 e. The second kappa shape index (κ2) is 4.43. The van der Waals surface area contributed by atoms with Crippen LogP contribution in [0.1, 0.15) is 6.42 Å². The minimum absolute atomic E-state index is 0.474. The summed E-state index contributed by atoms with van der Waals surface area (Å²) in [7, 11) is 0. The Bertz CT molecular complexity index is 44.1. The molecule has 0 aliphatic heterocycles. The van der Waals surface area contributed by atoms with Gasteiger partial charge in [-0.25, -0.2) is 0 Å². The zero-order chi connectivity index (χ0) is 4.83. The number of rotatable bonds is 2. The standard InChI is InChI=1S/C3H7NO2/c4-2-1-3-6-5/h3H,1-2,4H2. The van der Waals surface area contributed by atoms with Crippen LogP contribution in [0.4, 0.5) is 0 Å². The molecule has 0 aromatic rings. The summed E-state index contributed by atoms with van der Waals surface area (Å²) in [4.78, 5) is 0. The predicted molar refractivity (Wildman–Crippen MR) is 19.7 cm³/mol. The van der Waals surface area contributed by atoms with E-state index in [1.54, 1.807) is 0 Å². The van der Waals surface area contributed by atoms with E-state index in [0.29, 0.717) is 13.0 Å². The van der Waals surface area contributed by atoms with Crippen molar-refractivity contribution in [2.24, 2.45) is 5.73 Å². The first-order valence-corrected chi connectivity index (χ1v) is 1.72. The van der Waals surface area contributed by atoms with Crippen molar-refractivity contribution in [3.05, 3.63) is 0 Å². The first kappa shape index (κ1) is 5.43. The monoisotopic (exact) mass is 89.0 g/mol. The molecule has 0 aromatic heterocycles. The Morgan fingerprint density at radius 2 is 2.50 bits per heavy atom. The van der Waals surface area contributed by atoms with Crippen LogP contribution in [-0.2, 0) is 4.58 Å². The molecule has 0 unspecified atom stereocenters. The SMILES string of the molecule is NCCC=[O+][O-]. The van der Waals surface area contributed by atoms with E-state index in [2.05, 4.69) is 4.58 Å². The minimum Gasteiger partial charge on any atom is -0.463 e. The molecule has 0 rings (SSSR count). The molecule has 0 bridgehead atoms. The van der Waals surface area contributed by atoms with Crippen molar-refractivity contribution in [1.29, 1.82) is 0 Å². The van der Waals surface area contributed by atoms with Crippen molar-refractivity contribution in [1.82, 2.24) is 0 Å². The maximum absolute atomic E-state index is 9.08. The fourth-order valence-electron chi connectivity index (χ4n) is 0.116. The molecule has 3 heteroatoms. The Labute approximate surface area is 36.0 Å². The highest BCUT2D eigenvalue weighted by atomic mass is 17.1. The quantitative estimate of drug-likeness (QED) is 0.190. The normalized spacial score (nSPS) is 10.2. The molecule has 0 amide bonds. The third-order valence-corrected chi connectivity index (χ3v) is 0.353. The maximum Gasteiger partial charge on any atom is 0.319 e. The highest BCUT2D eigenvalue weighted by Crippen LogP contribution is 1.56. The Morgan fingerprint density at radius 3 is 2.67 bits per heavy atom. The fourth-order valence-corrected chi connectivity index (χ4v) is 0.116. The molecular formula is C3H7NO2. The van der Waals surface area contributed by atoms with Crippen LogP contribution in [0.15, 0.2) is 0 Å². The van der Waals surface area contributed by atoms with Crippen molar-refractivity contribution >= 4 is 6.29 Å². The molecule has 0 heterocycles. The number of aldehydes is 1. The third kappa shape index (κ3) is 3.43. The summed E-state index contributed by atoms with van der Waals surface area (Å²) in [6.45, 7) is 0.474. The molecule has 0 aromatic carbocycles. The average Bonchev–Trinajstić information content (AvgIpc) is 1.61. The lowest BCUT2D eigenvalue weighted by molar-refractivity contribution is -1.04. The van der Waals surface area contributed by atoms with E-state index < -0.39 is 0 Å². The molecule has 0 fully saturated rings. The second-order valence-electron chi connectivity index (χ2n) is 0.840. The van der Waals surface area contributed by atoms with Crippen molar-refractivity contribution in [3.63, 3.8) is 0 Å². The van der Waals surface area contributed by atoms with Gasteiger partial charge in [0.15, 0.2) is 0 Å². The summed E-state index contributed by atoms with van der Waals surface area (Å²) in [5.74, 6) is 0. The number of carbonyl (C=O) groups excluding carboxylic acids is 1. The van der Waals surface area contributed by atoms with Gasteiger partial charge in [0.05, 0.1) is 6.42 Å². The van der Waals surface area contributed by atoms with Crippen LogP contribution in [-0.4, -0.2) is 12.8 Å². The molecule has 0 saturated heterocycles. The molecular weight excluding hydrogens is 82.0 g/mol. The molecule has 0 saturated carbocycles. The maximum atomic E-state index is 9.08. The molecule has 3 nitrogen and oxygen atoms in total. The fraction of sp³-hybridized carbons (Fsp3) is 0.667. The van der Waals surface area contributed by atoms with Crippen LogP contribution < -0.4 is 11.0 Å². The first-order valence-electron chi connectivity index (χ1n) is 1.72. The van der Waals surface area contributed by atoms with Gasteiger partial charge in [-0.15, -0.1) is 0 Å². The lowest BCUT2D eigenvalue weighted by atomic mass is 10.5. The topological polar surface area (TPSA) is 60.4 Å². The van der Waals surface area contributed by atoms with Crippen LogP contribution in [0.5, 0.6) is 0 Å². The van der Waals surface area contributed by atoms with Gasteiger partial charge in [0, 0.05) is 6.54 Å². The van der Waals surface area contributed by atoms with Crippen molar-refractivity contribution < 1.29 is 9.83 Å². The summed E-state index contributed by atoms with van der Waals surface area (Å²) in [5, 5.41) is 9.08. The summed E-state index contributed by atoms with van der Waals surface area (Å²) < 4.78 is 3.33. The van der Waals surface area contributed by atoms with Gasteiger partial charge >= 0.3 is 6.29 Å². The van der Waals surface area contributed by atoms with Gasteiger partial charge in [0.2, 0.25) is 0 Å². The Hall–Kier alpha value is -0.570. The van der Waals surface area contributed by atoms with E-state index in [0.717, 1.165) is 6.29 Å². The van der Waals surface area contributed by atoms with E-state index in [-0.39, 0.29) is 0 Å². The van der Waals surface area contributed by atoms with Crippen LogP contribution >= 0.6 is 0 Å². The zero-order valence-electron chi connectivity index (χ0n) is 3.39. The number of hydrogen-bond acceptors (Lipinski definition) is 2. The number of hydrogen-bond donors (Lipinski definition) is 1. The molecule has 0 aliphatic rings. The van der Waals surface area contributed by atoms with E-state index in [1.807, 2.05) is 0 Å². The van der Waals surface area contributed by atoms with Gasteiger partial charge in [-0.2, -0.15) is 4.58 Å². The van der Waals surface area contributed by atoms with Gasteiger partial charge in [-0.3, -0.25) is 0 Å². The highest BCUT2D eigenvalue weighted by Gasteiger charge is 1.76. The van der Waals surface area contributed by atoms with Crippen LogP contribution in [0.25, 0.3) is 0 Å². The summed E-state index contributed by atoms with van der Waals surface area (Å²) in [5.41, 5.74) is 4.96. The smallest absolute Gasteiger partial charge is 0.319 e. The minimum atomic E-state index is 0.474. The third-order valence-electron chi connectivity index (χ3n) is 0.353. The summed E-state index contributed by atoms with van der Waals surface area (Å²) in [6.07, 6.45) is 1.66. The highest BCUT2D eigenvalue weighted by molar-refractivity contribution is 5.49. The molecule has 36 valence electrons. The van der Waals surface area contributed by atoms with E-state index in [9.17, 15) is 0 Å². The van der Waals surface area contributed by atoms with Gasteiger partial charge in [-0.05, 0) is 0 Å². The van der Waals surface area contributed by atoms with Gasteiger partial charge in [0.25, 0.3) is 0 Å². The van der Waals surface area contributed by atoms with Crippen molar-refractivity contribution in [2.75, 3.05) is 6.54 Å². The van der Waals surface area contributed by atoms with Crippen LogP contribution in [0.3, 0.4) is 0 Å². The van der Waals surface area contributed by atoms with E-state index in [1.165, 1.54) is 0 Å². The van der Waals surface area contributed by atoms with Crippen molar-refractivity contribution in [2.45, 2.75) is 6.42 Å². The second-order valence-corrected chi connectivity index (χ2v) is 0.840. The van der Waals surface area contributed by atoms with Crippen LogP contribution in [0, 0.1) is 0 Å². The molecule has 0 spiro atoms. The lowest BCUT2D eigenvalue weighted by Crippen LogP contribution is -2.03. The molecule has 0 radical (unpaired) electrons. The first-order chi connectivity index (χ1) is 2.91. The molecule has 6 heavy (non-hydrogen) atoms. The van der Waals surface area contributed by atoms with E-state index >= 15 is 0 Å². The van der Waals surface area contributed by atoms with Gasteiger partial charge in [-0.1, -0.05) is 0 Å². The van der Waals surface area contributed by atoms with Gasteiger partial charge < -0.3 is 11.0 Å². The van der Waals surface area contributed by atoms with Crippen molar-refractivity contribution in [3.8, 4) is 0 Å². The van der Waals surface area contributed by atoms with E-state index in [4.69, 9.17) is 11.0 Å². The summed E-state index contributed by atoms with van der Waals surface area (Å²) >= 11 is 0. The Morgan fingerprint density at radius 1 is 1.83 bits per heavy atom. The lowest BCUT2D eigenvalue weighted by Gasteiger charge is -1.70.